The number of rotatable bonds is 6. The lowest BCUT2D eigenvalue weighted by molar-refractivity contribution is -0.383. The first-order chi connectivity index (χ1) is 11.8. The maximum Gasteiger partial charge on any atom is 0.348 e. The molecule has 1 N–H and O–H groups in total. The highest BCUT2D eigenvalue weighted by atomic mass is 35.5. The van der Waals surface area contributed by atoms with Gasteiger partial charge in [-0.3, -0.25) is 14.9 Å². The van der Waals surface area contributed by atoms with E-state index in [0.29, 0.717) is 4.88 Å². The van der Waals surface area contributed by atoms with E-state index in [0.717, 1.165) is 22.9 Å². The van der Waals surface area contributed by atoms with Gasteiger partial charge in [0.1, 0.15) is 10.6 Å². The van der Waals surface area contributed by atoms with Crippen LogP contribution in [0.5, 0.6) is 0 Å². The number of anilines is 1. The highest BCUT2D eigenvalue weighted by Gasteiger charge is 2.18. The first-order valence-electron chi connectivity index (χ1n) is 7.32. The Kier molecular flexibility index (Phi) is 6.11. The van der Waals surface area contributed by atoms with Gasteiger partial charge >= 0.3 is 5.97 Å². The summed E-state index contributed by atoms with van der Waals surface area (Å²) in [5.41, 5.74) is 0.644. The molecule has 0 radical (unpaired) electrons. The fourth-order valence-electron chi connectivity index (χ4n) is 2.12. The minimum Gasteiger partial charge on any atom is -0.451 e. The molecular formula is C16H15ClN2O5S. The molecule has 0 aliphatic carbocycles. The fourth-order valence-corrected chi connectivity index (χ4v) is 3.30. The van der Waals surface area contributed by atoms with Crippen molar-refractivity contribution in [2.75, 3.05) is 11.9 Å². The Morgan fingerprint density at radius 3 is 2.68 bits per heavy atom. The van der Waals surface area contributed by atoms with Crippen LogP contribution in [0.2, 0.25) is 5.02 Å². The lowest BCUT2D eigenvalue weighted by Gasteiger charge is -2.07. The zero-order valence-corrected chi connectivity index (χ0v) is 15.1. The quantitative estimate of drug-likeness (QED) is 0.463. The fraction of sp³-hybridized carbons (Fsp3) is 0.250. The maximum atomic E-state index is 12.0. The number of aryl methyl sites for hydroxylation is 2. The van der Waals surface area contributed by atoms with Gasteiger partial charge in [-0.1, -0.05) is 18.5 Å². The van der Waals surface area contributed by atoms with Crippen molar-refractivity contribution in [2.24, 2.45) is 0 Å². The Morgan fingerprint density at radius 1 is 1.36 bits per heavy atom. The van der Waals surface area contributed by atoms with Crippen molar-refractivity contribution >= 4 is 46.2 Å². The number of esters is 1. The van der Waals surface area contributed by atoms with Gasteiger partial charge in [-0.15, -0.1) is 11.3 Å². The van der Waals surface area contributed by atoms with Crippen molar-refractivity contribution in [3.05, 3.63) is 54.7 Å². The van der Waals surface area contributed by atoms with Crippen LogP contribution in [0.1, 0.15) is 27.0 Å². The average molecular weight is 383 g/mol. The second kappa shape index (κ2) is 8.09. The molecule has 1 aromatic carbocycles. The molecule has 1 heterocycles. The number of halogens is 1. The Labute approximate surface area is 152 Å². The zero-order valence-electron chi connectivity index (χ0n) is 13.5. The molecule has 132 valence electrons. The molecule has 25 heavy (non-hydrogen) atoms. The van der Waals surface area contributed by atoms with Crippen molar-refractivity contribution in [3.8, 4) is 0 Å². The number of nitrogens with zero attached hydrogens (tertiary/aromatic N) is 1. The second-order valence-corrected chi connectivity index (χ2v) is 6.69. The van der Waals surface area contributed by atoms with E-state index in [-0.39, 0.29) is 16.4 Å². The molecule has 7 nitrogen and oxygen atoms in total. The van der Waals surface area contributed by atoms with Gasteiger partial charge in [0.15, 0.2) is 6.61 Å². The van der Waals surface area contributed by atoms with E-state index in [9.17, 15) is 19.7 Å². The molecule has 0 aliphatic heterocycles. The van der Waals surface area contributed by atoms with Gasteiger partial charge in [0, 0.05) is 16.0 Å². The van der Waals surface area contributed by atoms with Crippen molar-refractivity contribution in [1.82, 2.24) is 0 Å². The number of ether oxygens (including phenoxy) is 1. The van der Waals surface area contributed by atoms with E-state index in [1.807, 2.05) is 13.8 Å². The van der Waals surface area contributed by atoms with E-state index < -0.39 is 23.4 Å². The number of benzene rings is 1. The molecule has 2 aromatic rings. The van der Waals surface area contributed by atoms with E-state index in [1.54, 1.807) is 6.07 Å². The van der Waals surface area contributed by atoms with Gasteiger partial charge < -0.3 is 10.1 Å². The summed E-state index contributed by atoms with van der Waals surface area (Å²) in [6.45, 7) is 3.34. The van der Waals surface area contributed by atoms with Crippen LogP contribution in [-0.4, -0.2) is 23.4 Å². The predicted molar refractivity (Wildman–Crippen MR) is 95.5 cm³/mol. The summed E-state index contributed by atoms with van der Waals surface area (Å²) in [4.78, 5) is 35.7. The minimum absolute atomic E-state index is 0.0179. The molecule has 0 fully saturated rings. The van der Waals surface area contributed by atoms with Crippen molar-refractivity contribution in [1.29, 1.82) is 0 Å². The Hall–Kier alpha value is -2.45. The molecule has 2 rings (SSSR count). The SMILES string of the molecule is CCc1sc(C(=O)OCC(=O)Nc2ccc(Cl)cc2[N+](=O)[O-])cc1C. The van der Waals surface area contributed by atoms with Crippen molar-refractivity contribution < 1.29 is 19.2 Å². The summed E-state index contributed by atoms with van der Waals surface area (Å²) in [5, 5.41) is 13.5. The number of carbonyl (C=O) groups is 2. The van der Waals surface area contributed by atoms with Crippen LogP contribution < -0.4 is 5.32 Å². The maximum absolute atomic E-state index is 12.0. The van der Waals surface area contributed by atoms with Crippen LogP contribution in [0.25, 0.3) is 0 Å². The van der Waals surface area contributed by atoms with Crippen LogP contribution >= 0.6 is 22.9 Å². The monoisotopic (exact) mass is 382 g/mol. The first-order valence-corrected chi connectivity index (χ1v) is 8.51. The Bertz CT molecular complexity index is 834. The number of carbonyl (C=O) groups excluding carboxylic acids is 2. The molecule has 0 atom stereocenters. The highest BCUT2D eigenvalue weighted by molar-refractivity contribution is 7.14. The van der Waals surface area contributed by atoms with Gasteiger partial charge in [0.05, 0.1) is 4.92 Å². The molecule has 0 aliphatic rings. The summed E-state index contributed by atoms with van der Waals surface area (Å²) in [7, 11) is 0. The van der Waals surface area contributed by atoms with Gasteiger partial charge in [0.25, 0.3) is 11.6 Å². The van der Waals surface area contributed by atoms with Crippen LogP contribution in [0, 0.1) is 17.0 Å². The number of thiophene rings is 1. The third kappa shape index (κ3) is 4.77. The second-order valence-electron chi connectivity index (χ2n) is 5.11. The zero-order chi connectivity index (χ0) is 18.6. The van der Waals surface area contributed by atoms with Gasteiger partial charge in [-0.05, 0) is 37.1 Å². The summed E-state index contributed by atoms with van der Waals surface area (Å²) >= 11 is 7.03. The summed E-state index contributed by atoms with van der Waals surface area (Å²) < 4.78 is 4.96. The minimum atomic E-state index is -0.678. The van der Waals surface area contributed by atoms with Crippen LogP contribution in [0.4, 0.5) is 11.4 Å². The van der Waals surface area contributed by atoms with Gasteiger partial charge in [0.2, 0.25) is 0 Å². The Balaban J connectivity index is 1.99. The average Bonchev–Trinajstić information content (AvgIpc) is 2.95. The van der Waals surface area contributed by atoms with E-state index in [2.05, 4.69) is 5.32 Å². The highest BCUT2D eigenvalue weighted by Crippen LogP contribution is 2.27. The predicted octanol–water partition coefficient (Wildman–Crippen LogP) is 3.98. The van der Waals surface area contributed by atoms with E-state index in [4.69, 9.17) is 16.3 Å². The number of hydrogen-bond acceptors (Lipinski definition) is 6. The standard InChI is InChI=1S/C16H15ClN2O5S/c1-3-13-9(2)6-14(25-13)16(21)24-8-15(20)18-11-5-4-10(17)7-12(11)19(22)23/h4-7H,3,8H2,1-2H3,(H,18,20). The largest absolute Gasteiger partial charge is 0.451 e. The first kappa shape index (κ1) is 18.9. The molecule has 1 amide bonds. The number of nitrogens with one attached hydrogen (secondary N) is 1. The van der Waals surface area contributed by atoms with Gasteiger partial charge in [-0.25, -0.2) is 4.79 Å². The number of nitro groups is 1. The summed E-state index contributed by atoms with van der Waals surface area (Å²) in [6, 6.07) is 5.57. The normalized spacial score (nSPS) is 10.4. The number of hydrogen-bond donors (Lipinski definition) is 1. The van der Waals surface area contributed by atoms with Crippen LogP contribution in [-0.2, 0) is 16.0 Å². The van der Waals surface area contributed by atoms with Crippen LogP contribution in [0.15, 0.2) is 24.3 Å². The summed E-state index contributed by atoms with van der Waals surface area (Å²) in [5.74, 6) is -1.28. The topological polar surface area (TPSA) is 98.5 Å². The van der Waals surface area contributed by atoms with Crippen molar-refractivity contribution in [2.45, 2.75) is 20.3 Å². The smallest absolute Gasteiger partial charge is 0.348 e. The lowest BCUT2D eigenvalue weighted by Crippen LogP contribution is -2.21. The molecule has 9 heteroatoms. The van der Waals surface area contributed by atoms with Gasteiger partial charge in [-0.2, -0.15) is 0 Å². The molecule has 0 saturated heterocycles. The molecule has 0 bridgehead atoms. The number of nitro benzene ring substituents is 1. The van der Waals surface area contributed by atoms with Crippen molar-refractivity contribution in [3.63, 3.8) is 0 Å². The molecule has 0 saturated carbocycles. The molecule has 0 unspecified atom stereocenters. The van der Waals surface area contributed by atoms with Crippen LogP contribution in [0.3, 0.4) is 0 Å². The van der Waals surface area contributed by atoms with E-state index >= 15 is 0 Å². The molecule has 0 spiro atoms. The number of amides is 1. The van der Waals surface area contributed by atoms with E-state index in [1.165, 1.54) is 23.5 Å². The summed E-state index contributed by atoms with van der Waals surface area (Å²) in [6.07, 6.45) is 0.810. The molecular weight excluding hydrogens is 368 g/mol. The third-order valence-corrected chi connectivity index (χ3v) is 4.90. The molecule has 1 aromatic heterocycles. The third-order valence-electron chi connectivity index (χ3n) is 3.31. The Morgan fingerprint density at radius 2 is 2.08 bits per heavy atom. The lowest BCUT2D eigenvalue weighted by atomic mass is 10.2.